The van der Waals surface area contributed by atoms with Crippen LogP contribution in [0.5, 0.6) is 0 Å². The van der Waals surface area contributed by atoms with Gasteiger partial charge in [-0.2, -0.15) is 0 Å². The highest BCUT2D eigenvalue weighted by atomic mass is 32.1. The van der Waals surface area contributed by atoms with Crippen LogP contribution in [0.1, 0.15) is 99.2 Å². The normalized spacial score (nSPS) is 12.8. The van der Waals surface area contributed by atoms with Crippen LogP contribution in [0.25, 0.3) is 0 Å². The van der Waals surface area contributed by atoms with Gasteiger partial charge in [0.05, 0.1) is 10.7 Å². The summed E-state index contributed by atoms with van der Waals surface area (Å²) in [4.78, 5) is 5.76. The van der Waals surface area contributed by atoms with Crippen LogP contribution in [0, 0.1) is 13.8 Å². The highest BCUT2D eigenvalue weighted by Gasteiger charge is 2.12. The van der Waals surface area contributed by atoms with Crippen molar-refractivity contribution in [1.29, 1.82) is 0 Å². The molecule has 1 atom stereocenters. The first-order valence-electron chi connectivity index (χ1n) is 8.84. The molecule has 1 heterocycles. The molecule has 0 aliphatic rings. The van der Waals surface area contributed by atoms with Crippen molar-refractivity contribution in [2.45, 2.75) is 97.4 Å². The number of nitrogens with two attached hydrogens (primary N) is 1. The van der Waals surface area contributed by atoms with Gasteiger partial charge in [0, 0.05) is 10.9 Å². The Hall–Kier alpha value is -0.410. The second-order valence-corrected chi connectivity index (χ2v) is 7.49. The Morgan fingerprint density at radius 1 is 0.905 bits per heavy atom. The van der Waals surface area contributed by atoms with E-state index < -0.39 is 0 Å². The molecule has 0 aromatic carbocycles. The van der Waals surface area contributed by atoms with Gasteiger partial charge in [0.1, 0.15) is 0 Å². The summed E-state index contributed by atoms with van der Waals surface area (Å²) in [7, 11) is 0. The van der Waals surface area contributed by atoms with E-state index in [9.17, 15) is 0 Å². The molecule has 1 rings (SSSR count). The van der Waals surface area contributed by atoms with Crippen LogP contribution in [0.2, 0.25) is 0 Å². The van der Waals surface area contributed by atoms with Crippen LogP contribution in [0.4, 0.5) is 0 Å². The van der Waals surface area contributed by atoms with E-state index in [2.05, 4.69) is 25.8 Å². The Balaban J connectivity index is 1.98. The second-order valence-electron chi connectivity index (χ2n) is 6.26. The summed E-state index contributed by atoms with van der Waals surface area (Å²) >= 11 is 1.77. The molecule has 1 aromatic heterocycles. The summed E-state index contributed by atoms with van der Waals surface area (Å²) in [6.07, 6.45) is 14.9. The minimum absolute atomic E-state index is 0.199. The summed E-state index contributed by atoms with van der Waals surface area (Å²) in [6.45, 7) is 6.42. The molecule has 21 heavy (non-hydrogen) atoms. The molecule has 0 spiro atoms. The standard InChI is InChI=1S/C18H34N2S/c1-4-5-6-7-8-9-10-11-12-13-14-17(19)18-15(2)20-16(3)21-18/h17H,4-14,19H2,1-3H3. The lowest BCUT2D eigenvalue weighted by Gasteiger charge is -2.10. The molecule has 0 radical (unpaired) electrons. The van der Waals surface area contributed by atoms with Crippen LogP contribution in [0.3, 0.4) is 0 Å². The van der Waals surface area contributed by atoms with E-state index in [0.29, 0.717) is 0 Å². The molecule has 0 saturated carbocycles. The van der Waals surface area contributed by atoms with Crippen LogP contribution >= 0.6 is 11.3 Å². The zero-order valence-electron chi connectivity index (χ0n) is 14.3. The molecule has 0 aliphatic heterocycles. The fourth-order valence-electron chi connectivity index (χ4n) is 2.87. The van der Waals surface area contributed by atoms with Crippen molar-refractivity contribution in [3.63, 3.8) is 0 Å². The van der Waals surface area contributed by atoms with Gasteiger partial charge in [-0.15, -0.1) is 11.3 Å². The molecule has 2 N–H and O–H groups in total. The van der Waals surface area contributed by atoms with E-state index in [1.165, 1.54) is 69.1 Å². The minimum atomic E-state index is 0.199. The van der Waals surface area contributed by atoms with Crippen molar-refractivity contribution < 1.29 is 0 Å². The predicted molar refractivity (Wildman–Crippen MR) is 95.0 cm³/mol. The van der Waals surface area contributed by atoms with Gasteiger partial charge in [-0.05, 0) is 20.3 Å². The lowest BCUT2D eigenvalue weighted by atomic mass is 10.0. The van der Waals surface area contributed by atoms with Gasteiger partial charge in [0.25, 0.3) is 0 Å². The van der Waals surface area contributed by atoms with E-state index in [1.807, 2.05) is 0 Å². The SMILES string of the molecule is CCCCCCCCCCCCC(N)c1sc(C)nc1C. The summed E-state index contributed by atoms with van der Waals surface area (Å²) < 4.78 is 0. The molecule has 2 nitrogen and oxygen atoms in total. The highest BCUT2D eigenvalue weighted by molar-refractivity contribution is 7.11. The van der Waals surface area contributed by atoms with Crippen LogP contribution in [0.15, 0.2) is 0 Å². The monoisotopic (exact) mass is 310 g/mol. The first-order valence-corrected chi connectivity index (χ1v) is 9.66. The topological polar surface area (TPSA) is 38.9 Å². The Kier molecular flexibility index (Phi) is 9.94. The molecule has 0 bridgehead atoms. The van der Waals surface area contributed by atoms with Crippen molar-refractivity contribution in [3.05, 3.63) is 15.6 Å². The smallest absolute Gasteiger partial charge is 0.0900 e. The van der Waals surface area contributed by atoms with Crippen molar-refractivity contribution in [2.24, 2.45) is 5.73 Å². The minimum Gasteiger partial charge on any atom is -0.323 e. The van der Waals surface area contributed by atoms with E-state index in [1.54, 1.807) is 11.3 Å². The van der Waals surface area contributed by atoms with Gasteiger partial charge in [0.15, 0.2) is 0 Å². The molecular formula is C18H34N2S. The van der Waals surface area contributed by atoms with Crippen LogP contribution < -0.4 is 5.73 Å². The van der Waals surface area contributed by atoms with Crippen molar-refractivity contribution in [2.75, 3.05) is 0 Å². The van der Waals surface area contributed by atoms with Crippen LogP contribution in [-0.4, -0.2) is 4.98 Å². The number of aromatic nitrogens is 1. The maximum Gasteiger partial charge on any atom is 0.0900 e. The number of rotatable bonds is 12. The molecule has 0 fully saturated rings. The van der Waals surface area contributed by atoms with Gasteiger partial charge in [-0.1, -0.05) is 71.1 Å². The lowest BCUT2D eigenvalue weighted by molar-refractivity contribution is 0.530. The highest BCUT2D eigenvalue weighted by Crippen LogP contribution is 2.26. The fraction of sp³-hybridized carbons (Fsp3) is 0.833. The third-order valence-electron chi connectivity index (χ3n) is 4.14. The third-order valence-corrected chi connectivity index (χ3v) is 5.35. The van der Waals surface area contributed by atoms with E-state index in [-0.39, 0.29) is 6.04 Å². The predicted octanol–water partition coefficient (Wildman–Crippen LogP) is 6.07. The molecule has 3 heteroatoms. The molecule has 122 valence electrons. The molecular weight excluding hydrogens is 276 g/mol. The van der Waals surface area contributed by atoms with Gasteiger partial charge in [-0.25, -0.2) is 4.98 Å². The molecule has 1 unspecified atom stereocenters. The van der Waals surface area contributed by atoms with Gasteiger partial charge >= 0.3 is 0 Å². The summed E-state index contributed by atoms with van der Waals surface area (Å²) in [5.74, 6) is 0. The summed E-state index contributed by atoms with van der Waals surface area (Å²) in [5, 5.41) is 1.14. The Labute approximate surface area is 135 Å². The molecule has 0 aliphatic carbocycles. The second kappa shape index (κ2) is 11.2. The van der Waals surface area contributed by atoms with Crippen molar-refractivity contribution in [1.82, 2.24) is 4.98 Å². The third kappa shape index (κ3) is 7.96. The van der Waals surface area contributed by atoms with Crippen molar-refractivity contribution in [3.8, 4) is 0 Å². The lowest BCUT2D eigenvalue weighted by Crippen LogP contribution is -2.09. The first-order chi connectivity index (χ1) is 10.1. The van der Waals surface area contributed by atoms with Gasteiger partial charge in [-0.3, -0.25) is 0 Å². The van der Waals surface area contributed by atoms with Crippen molar-refractivity contribution >= 4 is 11.3 Å². The van der Waals surface area contributed by atoms with Gasteiger partial charge < -0.3 is 5.73 Å². The number of nitrogens with zero attached hydrogens (tertiary/aromatic N) is 1. The average molecular weight is 311 g/mol. The number of unbranched alkanes of at least 4 members (excludes halogenated alkanes) is 9. The number of hydrogen-bond donors (Lipinski definition) is 1. The Bertz CT molecular complexity index is 373. The zero-order valence-corrected chi connectivity index (χ0v) is 15.1. The first kappa shape index (κ1) is 18.6. The Morgan fingerprint density at radius 3 is 1.90 bits per heavy atom. The molecule has 1 aromatic rings. The molecule has 0 amide bonds. The summed E-state index contributed by atoms with van der Waals surface area (Å²) in [5.41, 5.74) is 7.42. The molecule has 0 saturated heterocycles. The fourth-order valence-corrected chi connectivity index (χ4v) is 3.84. The number of hydrogen-bond acceptors (Lipinski definition) is 3. The van der Waals surface area contributed by atoms with E-state index in [4.69, 9.17) is 5.73 Å². The van der Waals surface area contributed by atoms with Gasteiger partial charge in [0.2, 0.25) is 0 Å². The quantitative estimate of drug-likeness (QED) is 0.476. The Morgan fingerprint density at radius 2 is 1.43 bits per heavy atom. The van der Waals surface area contributed by atoms with E-state index >= 15 is 0 Å². The van der Waals surface area contributed by atoms with Crippen LogP contribution in [-0.2, 0) is 0 Å². The zero-order chi connectivity index (χ0) is 15.5. The maximum atomic E-state index is 6.29. The summed E-state index contributed by atoms with van der Waals surface area (Å²) in [6, 6.07) is 0.199. The van der Waals surface area contributed by atoms with E-state index in [0.717, 1.165) is 17.1 Å². The number of thiazole rings is 1. The average Bonchev–Trinajstić information content (AvgIpc) is 2.79. The number of aryl methyl sites for hydroxylation is 2. The maximum absolute atomic E-state index is 6.29. The largest absolute Gasteiger partial charge is 0.323 e.